The zero-order chi connectivity index (χ0) is 15.9. The molecule has 0 aliphatic heterocycles. The van der Waals surface area contributed by atoms with Gasteiger partial charge in [0.2, 0.25) is 5.91 Å². The maximum absolute atomic E-state index is 11.8. The Morgan fingerprint density at radius 3 is 2.70 bits per heavy atom. The zero-order valence-electron chi connectivity index (χ0n) is 12.6. The molecule has 0 atom stereocenters. The van der Waals surface area contributed by atoms with Crippen molar-refractivity contribution in [1.82, 2.24) is 15.1 Å². The minimum atomic E-state index is -0.0842. The van der Waals surface area contributed by atoms with Gasteiger partial charge in [-0.2, -0.15) is 5.10 Å². The van der Waals surface area contributed by atoms with Crippen molar-refractivity contribution < 1.29 is 4.79 Å². The molecule has 5 heteroatoms. The van der Waals surface area contributed by atoms with Crippen molar-refractivity contribution in [3.05, 3.63) is 82.3 Å². The van der Waals surface area contributed by atoms with Crippen LogP contribution < -0.4 is 5.32 Å². The lowest BCUT2D eigenvalue weighted by molar-refractivity contribution is -0.116. The summed E-state index contributed by atoms with van der Waals surface area (Å²) in [5, 5.41) is 9.06. The highest BCUT2D eigenvalue weighted by Crippen LogP contribution is 2.10. The molecule has 1 amide bonds. The molecule has 0 aliphatic rings. The standard InChI is InChI=1S/C18H17N3OS/c22-18(9-8-17-3-1-12-23-17)19-13-15-4-6-16(7-5-15)14-21-11-2-10-20-21/h1-12H,13-14H2,(H,19,22)/b9-8+. The van der Waals surface area contributed by atoms with Crippen LogP contribution in [-0.4, -0.2) is 15.7 Å². The molecule has 4 nitrogen and oxygen atoms in total. The number of amides is 1. The van der Waals surface area contributed by atoms with Gasteiger partial charge >= 0.3 is 0 Å². The van der Waals surface area contributed by atoms with Crippen molar-refractivity contribution in [3.63, 3.8) is 0 Å². The van der Waals surface area contributed by atoms with E-state index in [4.69, 9.17) is 0 Å². The maximum Gasteiger partial charge on any atom is 0.244 e. The molecule has 3 rings (SSSR count). The molecule has 0 radical (unpaired) electrons. The van der Waals surface area contributed by atoms with Gasteiger partial charge < -0.3 is 5.32 Å². The predicted octanol–water partition coefficient (Wildman–Crippen LogP) is 3.32. The number of nitrogens with one attached hydrogen (secondary N) is 1. The Kier molecular flexibility index (Phi) is 5.01. The minimum Gasteiger partial charge on any atom is -0.348 e. The Bertz CT molecular complexity index is 759. The van der Waals surface area contributed by atoms with Gasteiger partial charge in [-0.1, -0.05) is 30.3 Å². The van der Waals surface area contributed by atoms with Crippen LogP contribution in [0.2, 0.25) is 0 Å². The lowest BCUT2D eigenvalue weighted by Crippen LogP contribution is -2.20. The van der Waals surface area contributed by atoms with Crippen LogP contribution in [0.15, 0.2) is 66.3 Å². The van der Waals surface area contributed by atoms with Crippen LogP contribution in [0.25, 0.3) is 6.08 Å². The average molecular weight is 323 g/mol. The summed E-state index contributed by atoms with van der Waals surface area (Å²) in [5.74, 6) is -0.0842. The third kappa shape index (κ3) is 4.66. The zero-order valence-corrected chi connectivity index (χ0v) is 13.4. The molecule has 2 heterocycles. The van der Waals surface area contributed by atoms with Crippen LogP contribution in [0, 0.1) is 0 Å². The highest BCUT2D eigenvalue weighted by Gasteiger charge is 1.99. The van der Waals surface area contributed by atoms with Gasteiger partial charge in [0, 0.05) is 29.9 Å². The summed E-state index contributed by atoms with van der Waals surface area (Å²) < 4.78 is 1.88. The predicted molar refractivity (Wildman–Crippen MR) is 93.0 cm³/mol. The van der Waals surface area contributed by atoms with E-state index in [-0.39, 0.29) is 5.91 Å². The summed E-state index contributed by atoms with van der Waals surface area (Å²) in [4.78, 5) is 12.9. The summed E-state index contributed by atoms with van der Waals surface area (Å²) in [6.45, 7) is 1.28. The quantitative estimate of drug-likeness (QED) is 0.707. The molecule has 1 N–H and O–H groups in total. The number of hydrogen-bond donors (Lipinski definition) is 1. The maximum atomic E-state index is 11.8. The fourth-order valence-electron chi connectivity index (χ4n) is 2.14. The van der Waals surface area contributed by atoms with Crippen LogP contribution in [-0.2, 0) is 17.9 Å². The van der Waals surface area contributed by atoms with E-state index >= 15 is 0 Å². The summed E-state index contributed by atoms with van der Waals surface area (Å²) in [5.41, 5.74) is 2.26. The van der Waals surface area contributed by atoms with Gasteiger partial charge in [0.1, 0.15) is 0 Å². The van der Waals surface area contributed by atoms with E-state index in [1.807, 2.05) is 52.7 Å². The van der Waals surface area contributed by atoms with Crippen LogP contribution >= 0.6 is 11.3 Å². The first kappa shape index (κ1) is 15.2. The van der Waals surface area contributed by atoms with Crippen LogP contribution in [0.4, 0.5) is 0 Å². The molecule has 0 aliphatic carbocycles. The van der Waals surface area contributed by atoms with E-state index < -0.39 is 0 Å². The minimum absolute atomic E-state index is 0.0842. The van der Waals surface area contributed by atoms with E-state index in [0.717, 1.165) is 17.0 Å². The van der Waals surface area contributed by atoms with E-state index in [0.29, 0.717) is 6.54 Å². The van der Waals surface area contributed by atoms with Gasteiger partial charge in [0.15, 0.2) is 0 Å². The molecule has 23 heavy (non-hydrogen) atoms. The first-order chi connectivity index (χ1) is 11.3. The fourth-order valence-corrected chi connectivity index (χ4v) is 2.75. The molecular formula is C18H17N3OS. The van der Waals surface area contributed by atoms with Crippen LogP contribution in [0.1, 0.15) is 16.0 Å². The molecular weight excluding hydrogens is 306 g/mol. The third-order valence-electron chi connectivity index (χ3n) is 3.34. The Balaban J connectivity index is 1.49. The van der Waals surface area contributed by atoms with Crippen LogP contribution in [0.3, 0.4) is 0 Å². The molecule has 0 unspecified atom stereocenters. The number of benzene rings is 1. The number of hydrogen-bond acceptors (Lipinski definition) is 3. The number of carbonyl (C=O) groups is 1. The SMILES string of the molecule is O=C(/C=C/c1cccs1)NCc1ccc(Cn2cccn2)cc1. The number of carbonyl (C=O) groups excluding carboxylic acids is 1. The Morgan fingerprint density at radius 2 is 2.00 bits per heavy atom. The second kappa shape index (κ2) is 7.56. The highest BCUT2D eigenvalue weighted by atomic mass is 32.1. The molecule has 0 fully saturated rings. The lowest BCUT2D eigenvalue weighted by Gasteiger charge is -2.05. The van der Waals surface area contributed by atoms with Crippen molar-refractivity contribution in [2.45, 2.75) is 13.1 Å². The Hall–Kier alpha value is -2.66. The van der Waals surface area contributed by atoms with E-state index in [1.54, 1.807) is 23.6 Å². The van der Waals surface area contributed by atoms with Crippen molar-refractivity contribution in [2.75, 3.05) is 0 Å². The van der Waals surface area contributed by atoms with E-state index in [1.165, 1.54) is 5.56 Å². The second-order valence-corrected chi connectivity index (χ2v) is 6.07. The van der Waals surface area contributed by atoms with Gasteiger partial charge in [-0.05, 0) is 34.7 Å². The monoisotopic (exact) mass is 323 g/mol. The number of rotatable bonds is 6. The second-order valence-electron chi connectivity index (χ2n) is 5.09. The van der Waals surface area contributed by atoms with Crippen molar-refractivity contribution in [3.8, 4) is 0 Å². The molecule has 0 saturated heterocycles. The normalized spacial score (nSPS) is 11.0. The Morgan fingerprint density at radius 1 is 1.17 bits per heavy atom. The summed E-state index contributed by atoms with van der Waals surface area (Å²) in [6, 6.07) is 14.0. The summed E-state index contributed by atoms with van der Waals surface area (Å²) >= 11 is 1.61. The van der Waals surface area contributed by atoms with Crippen molar-refractivity contribution in [1.29, 1.82) is 0 Å². The molecule has 0 saturated carbocycles. The molecule has 0 bridgehead atoms. The van der Waals surface area contributed by atoms with Gasteiger partial charge in [-0.25, -0.2) is 0 Å². The largest absolute Gasteiger partial charge is 0.348 e. The molecule has 2 aromatic heterocycles. The van der Waals surface area contributed by atoms with Gasteiger partial charge in [0.25, 0.3) is 0 Å². The van der Waals surface area contributed by atoms with Gasteiger partial charge in [0.05, 0.1) is 6.54 Å². The molecule has 3 aromatic rings. The summed E-state index contributed by atoms with van der Waals surface area (Å²) in [6.07, 6.45) is 7.10. The summed E-state index contributed by atoms with van der Waals surface area (Å²) in [7, 11) is 0. The molecule has 1 aromatic carbocycles. The first-order valence-electron chi connectivity index (χ1n) is 7.34. The fraction of sp³-hybridized carbons (Fsp3) is 0.111. The number of thiophene rings is 1. The van der Waals surface area contributed by atoms with E-state index in [2.05, 4.69) is 22.5 Å². The lowest BCUT2D eigenvalue weighted by atomic mass is 10.1. The van der Waals surface area contributed by atoms with Crippen LogP contribution in [0.5, 0.6) is 0 Å². The number of nitrogens with zero attached hydrogens (tertiary/aromatic N) is 2. The van der Waals surface area contributed by atoms with Crippen molar-refractivity contribution >= 4 is 23.3 Å². The Labute approximate surface area is 139 Å². The van der Waals surface area contributed by atoms with E-state index in [9.17, 15) is 4.79 Å². The molecule has 116 valence electrons. The smallest absolute Gasteiger partial charge is 0.244 e. The van der Waals surface area contributed by atoms with Gasteiger partial charge in [-0.15, -0.1) is 11.3 Å². The van der Waals surface area contributed by atoms with Crippen molar-refractivity contribution in [2.24, 2.45) is 0 Å². The average Bonchev–Trinajstić information content (AvgIpc) is 3.26. The number of aromatic nitrogens is 2. The topological polar surface area (TPSA) is 46.9 Å². The third-order valence-corrected chi connectivity index (χ3v) is 4.17. The molecule has 0 spiro atoms. The highest BCUT2D eigenvalue weighted by molar-refractivity contribution is 7.10. The van der Waals surface area contributed by atoms with Gasteiger partial charge in [-0.3, -0.25) is 9.48 Å². The first-order valence-corrected chi connectivity index (χ1v) is 8.22.